The summed E-state index contributed by atoms with van der Waals surface area (Å²) >= 11 is 0. The van der Waals surface area contributed by atoms with Gasteiger partial charge in [0.1, 0.15) is 0 Å². The van der Waals surface area contributed by atoms with Gasteiger partial charge in [-0.2, -0.15) is 0 Å². The molecule has 1 aromatic rings. The molecule has 4 heteroatoms. The molecule has 1 aliphatic rings. The Balaban J connectivity index is 1.86. The Morgan fingerprint density at radius 3 is 2.89 bits per heavy atom. The number of aliphatic hydroxyl groups excluding tert-OH is 1. The van der Waals surface area contributed by atoms with E-state index >= 15 is 0 Å². The van der Waals surface area contributed by atoms with Crippen molar-refractivity contribution in [1.82, 2.24) is 9.88 Å². The van der Waals surface area contributed by atoms with Gasteiger partial charge in [-0.3, -0.25) is 9.78 Å². The molecule has 0 spiro atoms. The molecule has 1 N–H and O–H groups in total. The van der Waals surface area contributed by atoms with E-state index in [0.29, 0.717) is 12.3 Å². The minimum absolute atomic E-state index is 0.0955. The summed E-state index contributed by atoms with van der Waals surface area (Å²) in [6.07, 6.45) is 3.56. The molecule has 1 heterocycles. The number of rotatable bonds is 4. The fourth-order valence-corrected chi connectivity index (χ4v) is 2.32. The number of aliphatic hydroxyl groups is 1. The highest BCUT2D eigenvalue weighted by molar-refractivity contribution is 5.78. The molecule has 1 fully saturated rings. The molecule has 0 atom stereocenters. The van der Waals surface area contributed by atoms with Crippen LogP contribution in [-0.2, 0) is 11.2 Å². The van der Waals surface area contributed by atoms with Gasteiger partial charge in [0, 0.05) is 19.8 Å². The van der Waals surface area contributed by atoms with E-state index in [4.69, 9.17) is 0 Å². The van der Waals surface area contributed by atoms with Crippen molar-refractivity contribution in [3.63, 3.8) is 0 Å². The van der Waals surface area contributed by atoms with Crippen molar-refractivity contribution >= 4 is 5.91 Å². The van der Waals surface area contributed by atoms with Crippen LogP contribution < -0.4 is 0 Å². The van der Waals surface area contributed by atoms with Crippen LogP contribution in [0.25, 0.3) is 0 Å². The molecule has 0 bridgehead atoms. The fraction of sp³-hybridized carbons (Fsp3) is 0.571. The summed E-state index contributed by atoms with van der Waals surface area (Å²) < 4.78 is 0. The van der Waals surface area contributed by atoms with Gasteiger partial charge in [0.25, 0.3) is 0 Å². The van der Waals surface area contributed by atoms with Crippen LogP contribution in [0.15, 0.2) is 18.3 Å². The average molecular weight is 248 g/mol. The third-order valence-corrected chi connectivity index (χ3v) is 3.61. The van der Waals surface area contributed by atoms with E-state index in [9.17, 15) is 9.90 Å². The molecule has 0 radical (unpaired) electrons. The number of aromatic nitrogens is 1. The maximum absolute atomic E-state index is 12.0. The van der Waals surface area contributed by atoms with Crippen LogP contribution in [-0.4, -0.2) is 40.6 Å². The van der Waals surface area contributed by atoms with Crippen molar-refractivity contribution in [1.29, 1.82) is 0 Å². The van der Waals surface area contributed by atoms with Gasteiger partial charge < -0.3 is 10.0 Å². The van der Waals surface area contributed by atoms with Gasteiger partial charge in [-0.15, -0.1) is 0 Å². The zero-order valence-corrected chi connectivity index (χ0v) is 11.0. The number of pyridine rings is 1. The number of hydrogen-bond donors (Lipinski definition) is 1. The van der Waals surface area contributed by atoms with Gasteiger partial charge >= 0.3 is 0 Å². The normalized spacial score (nSPS) is 22.4. The number of amides is 1. The molecule has 2 rings (SSSR count). The number of carbonyl (C=O) groups excluding carboxylic acids is 1. The summed E-state index contributed by atoms with van der Waals surface area (Å²) in [7, 11) is 1.82. The molecule has 0 aliphatic heterocycles. The first-order valence-corrected chi connectivity index (χ1v) is 6.38. The molecule has 0 saturated heterocycles. The van der Waals surface area contributed by atoms with E-state index in [2.05, 4.69) is 4.98 Å². The van der Waals surface area contributed by atoms with Crippen LogP contribution in [0.2, 0.25) is 0 Å². The fourth-order valence-electron chi connectivity index (χ4n) is 2.32. The largest absolute Gasteiger partial charge is 0.393 e. The van der Waals surface area contributed by atoms with Gasteiger partial charge in [-0.05, 0) is 37.3 Å². The number of nitrogens with zero attached hydrogens (tertiary/aromatic N) is 2. The summed E-state index contributed by atoms with van der Waals surface area (Å²) in [6, 6.07) is 3.85. The molecule has 98 valence electrons. The lowest BCUT2D eigenvalue weighted by atomic mass is 9.82. The number of carbonyl (C=O) groups is 1. The van der Waals surface area contributed by atoms with E-state index in [1.807, 2.05) is 26.1 Å². The lowest BCUT2D eigenvalue weighted by Crippen LogP contribution is -2.40. The maximum atomic E-state index is 12.0. The molecule has 0 unspecified atom stereocenters. The van der Waals surface area contributed by atoms with Crippen LogP contribution >= 0.6 is 0 Å². The minimum atomic E-state index is -0.156. The second kappa shape index (κ2) is 5.48. The van der Waals surface area contributed by atoms with E-state index < -0.39 is 0 Å². The van der Waals surface area contributed by atoms with Crippen molar-refractivity contribution in [2.24, 2.45) is 5.92 Å². The summed E-state index contributed by atoms with van der Waals surface area (Å²) in [6.45, 7) is 2.71. The second-order valence-electron chi connectivity index (χ2n) is 5.21. The van der Waals surface area contributed by atoms with Gasteiger partial charge in [0.05, 0.1) is 18.2 Å². The lowest BCUT2D eigenvalue weighted by Gasteiger charge is -2.34. The van der Waals surface area contributed by atoms with Crippen LogP contribution in [0.4, 0.5) is 0 Å². The summed E-state index contributed by atoms with van der Waals surface area (Å²) in [4.78, 5) is 18.0. The molecule has 4 nitrogen and oxygen atoms in total. The Kier molecular flexibility index (Phi) is 3.97. The van der Waals surface area contributed by atoms with Gasteiger partial charge in [-0.25, -0.2) is 0 Å². The summed E-state index contributed by atoms with van der Waals surface area (Å²) in [5.74, 6) is 0.553. The van der Waals surface area contributed by atoms with Crippen molar-refractivity contribution in [2.75, 3.05) is 13.6 Å². The molecule has 1 amide bonds. The number of likely N-dealkylation sites (N-methyl/N-ethyl adjacent to an activating group) is 1. The highest BCUT2D eigenvalue weighted by Gasteiger charge is 2.29. The van der Waals surface area contributed by atoms with E-state index in [1.54, 1.807) is 11.1 Å². The SMILES string of the molecule is Cc1cccnc1CC(=O)N(C)CC1CC(O)C1. The standard InChI is InChI=1S/C14H20N2O2/c1-10-4-3-5-15-13(10)8-14(18)16(2)9-11-6-12(17)7-11/h3-5,11-12,17H,6-9H2,1-2H3. The topological polar surface area (TPSA) is 53.4 Å². The Bertz CT molecular complexity index is 428. The van der Waals surface area contributed by atoms with Gasteiger partial charge in [-0.1, -0.05) is 6.07 Å². The molecule has 1 aliphatic carbocycles. The van der Waals surface area contributed by atoms with E-state index in [1.165, 1.54) is 0 Å². The van der Waals surface area contributed by atoms with Crippen LogP contribution in [0, 0.1) is 12.8 Å². The second-order valence-corrected chi connectivity index (χ2v) is 5.21. The van der Waals surface area contributed by atoms with Crippen molar-refractivity contribution in [3.05, 3.63) is 29.6 Å². The lowest BCUT2D eigenvalue weighted by molar-refractivity contribution is -0.130. The smallest absolute Gasteiger partial charge is 0.228 e. The first-order chi connectivity index (χ1) is 8.56. The molecular weight excluding hydrogens is 228 g/mol. The molecule has 18 heavy (non-hydrogen) atoms. The number of hydrogen-bond acceptors (Lipinski definition) is 3. The molecule has 1 aromatic heterocycles. The van der Waals surface area contributed by atoms with Crippen LogP contribution in [0.5, 0.6) is 0 Å². The first-order valence-electron chi connectivity index (χ1n) is 6.38. The minimum Gasteiger partial charge on any atom is -0.393 e. The Labute approximate surface area is 108 Å². The molecular formula is C14H20N2O2. The zero-order chi connectivity index (χ0) is 13.1. The predicted octanol–water partition coefficient (Wildman–Crippen LogP) is 1.16. The van der Waals surface area contributed by atoms with Crippen LogP contribution in [0.3, 0.4) is 0 Å². The molecule has 1 saturated carbocycles. The van der Waals surface area contributed by atoms with E-state index in [0.717, 1.165) is 30.6 Å². The Hall–Kier alpha value is -1.42. The van der Waals surface area contributed by atoms with Crippen molar-refractivity contribution in [3.8, 4) is 0 Å². The van der Waals surface area contributed by atoms with Crippen LogP contribution in [0.1, 0.15) is 24.1 Å². The zero-order valence-electron chi connectivity index (χ0n) is 11.0. The molecule has 0 aromatic carbocycles. The van der Waals surface area contributed by atoms with E-state index in [-0.39, 0.29) is 12.0 Å². The quantitative estimate of drug-likeness (QED) is 0.870. The average Bonchev–Trinajstić information content (AvgIpc) is 2.30. The Morgan fingerprint density at radius 2 is 2.28 bits per heavy atom. The van der Waals surface area contributed by atoms with Crippen molar-refractivity contribution < 1.29 is 9.90 Å². The monoisotopic (exact) mass is 248 g/mol. The maximum Gasteiger partial charge on any atom is 0.228 e. The third kappa shape index (κ3) is 3.07. The predicted molar refractivity (Wildman–Crippen MR) is 69.0 cm³/mol. The third-order valence-electron chi connectivity index (χ3n) is 3.61. The number of aryl methyl sites for hydroxylation is 1. The highest BCUT2D eigenvalue weighted by Crippen LogP contribution is 2.27. The van der Waals surface area contributed by atoms with Gasteiger partial charge in [0.15, 0.2) is 0 Å². The Morgan fingerprint density at radius 1 is 1.56 bits per heavy atom. The first kappa shape index (κ1) is 13.0. The van der Waals surface area contributed by atoms with Gasteiger partial charge in [0.2, 0.25) is 5.91 Å². The van der Waals surface area contributed by atoms with Crippen molar-refractivity contribution in [2.45, 2.75) is 32.3 Å². The highest BCUT2D eigenvalue weighted by atomic mass is 16.3. The summed E-state index contributed by atoms with van der Waals surface area (Å²) in [5, 5.41) is 9.23. The summed E-state index contributed by atoms with van der Waals surface area (Å²) in [5.41, 5.74) is 1.90.